The molecule has 0 bridgehead atoms. The molecule has 0 radical (unpaired) electrons. The maximum atomic E-state index is 12.6. The molecule has 0 spiro atoms. The molecule has 1 saturated heterocycles. The average molecular weight is 449 g/mol. The quantitative estimate of drug-likeness (QED) is 0.476. The third-order valence-corrected chi connectivity index (χ3v) is 7.65. The summed E-state index contributed by atoms with van der Waals surface area (Å²) in [5.74, 6) is -1.58. The molecule has 158 valence electrons. The number of thiophene rings is 1. The van der Waals surface area contributed by atoms with Crippen molar-refractivity contribution in [3.8, 4) is 11.8 Å². The first-order chi connectivity index (χ1) is 14.5. The van der Waals surface area contributed by atoms with Crippen LogP contribution in [0.2, 0.25) is 0 Å². The number of carboxylic acid groups (broad SMARTS) is 1. The smallest absolute Gasteiger partial charge is 0.357 e. The number of ether oxygens (including phenoxy) is 2. The van der Waals surface area contributed by atoms with E-state index < -0.39 is 17.3 Å². The monoisotopic (exact) mass is 448 g/mol. The van der Waals surface area contributed by atoms with Crippen LogP contribution in [0.4, 0.5) is 0 Å². The van der Waals surface area contributed by atoms with Crippen LogP contribution in [-0.2, 0) is 19.1 Å². The first kappa shape index (κ1) is 20.8. The molecule has 0 aromatic carbocycles. The molecule has 1 aliphatic carbocycles. The standard InChI is InChI=1S/C20H20N2O6S2/c21-10-14-13(6-8-29-14)28-20-16(19(25)26)22-17(24)12(18(22)30-20)5-7-27-15(23)9-11-3-1-2-4-11/h6,8,11-12,18H,1-5,7,9H2,(H,25,26)/t12-,18+/m0/s1. The number of fused-ring (bicyclic) bond motifs is 1. The largest absolute Gasteiger partial charge is 0.476 e. The van der Waals surface area contributed by atoms with Gasteiger partial charge in [0.05, 0.1) is 12.5 Å². The number of hydrogen-bond donors (Lipinski definition) is 1. The van der Waals surface area contributed by atoms with E-state index in [1.165, 1.54) is 16.2 Å². The number of thioether (sulfide) groups is 1. The number of amides is 1. The van der Waals surface area contributed by atoms with Gasteiger partial charge >= 0.3 is 11.9 Å². The van der Waals surface area contributed by atoms with Crippen LogP contribution in [0.1, 0.15) is 43.4 Å². The molecule has 3 heterocycles. The summed E-state index contributed by atoms with van der Waals surface area (Å²) >= 11 is 2.34. The van der Waals surface area contributed by atoms with Gasteiger partial charge in [0.15, 0.2) is 16.5 Å². The lowest BCUT2D eigenvalue weighted by Crippen LogP contribution is -2.57. The van der Waals surface area contributed by atoms with Gasteiger partial charge < -0.3 is 14.6 Å². The fourth-order valence-electron chi connectivity index (χ4n) is 4.06. The average Bonchev–Trinajstić information content (AvgIpc) is 3.44. The van der Waals surface area contributed by atoms with Crippen LogP contribution in [0.15, 0.2) is 22.2 Å². The van der Waals surface area contributed by atoms with Crippen molar-refractivity contribution in [2.45, 2.75) is 43.9 Å². The predicted octanol–water partition coefficient (Wildman–Crippen LogP) is 3.30. The van der Waals surface area contributed by atoms with E-state index >= 15 is 0 Å². The molecule has 2 atom stereocenters. The van der Waals surface area contributed by atoms with Crippen molar-refractivity contribution in [2.24, 2.45) is 11.8 Å². The van der Waals surface area contributed by atoms with Gasteiger partial charge in [-0.25, -0.2) is 4.79 Å². The van der Waals surface area contributed by atoms with E-state index in [4.69, 9.17) is 14.7 Å². The third-order valence-electron chi connectivity index (χ3n) is 5.57. The lowest BCUT2D eigenvalue weighted by molar-refractivity contribution is -0.154. The highest BCUT2D eigenvalue weighted by molar-refractivity contribution is 8.03. The van der Waals surface area contributed by atoms with Gasteiger partial charge in [0.25, 0.3) is 0 Å². The Hall–Kier alpha value is -2.51. The predicted molar refractivity (Wildman–Crippen MR) is 108 cm³/mol. The number of rotatable bonds is 8. The molecule has 10 heteroatoms. The molecular weight excluding hydrogens is 428 g/mol. The molecule has 1 aromatic heterocycles. The van der Waals surface area contributed by atoms with Crippen LogP contribution in [0.5, 0.6) is 5.75 Å². The van der Waals surface area contributed by atoms with Gasteiger partial charge in [0, 0.05) is 6.42 Å². The molecule has 1 N–H and O–H groups in total. The Balaban J connectivity index is 1.34. The van der Waals surface area contributed by atoms with E-state index in [1.807, 2.05) is 6.07 Å². The van der Waals surface area contributed by atoms with Gasteiger partial charge in [0.1, 0.15) is 16.3 Å². The molecule has 2 aliphatic heterocycles. The van der Waals surface area contributed by atoms with E-state index in [2.05, 4.69) is 0 Å². The minimum Gasteiger partial charge on any atom is -0.476 e. The number of carbonyl (C=O) groups is 3. The van der Waals surface area contributed by atoms with Gasteiger partial charge in [-0.1, -0.05) is 24.6 Å². The van der Waals surface area contributed by atoms with Crippen molar-refractivity contribution < 1.29 is 29.0 Å². The van der Waals surface area contributed by atoms with Crippen molar-refractivity contribution in [3.05, 3.63) is 27.1 Å². The van der Waals surface area contributed by atoms with Crippen molar-refractivity contribution in [1.82, 2.24) is 4.90 Å². The van der Waals surface area contributed by atoms with Gasteiger partial charge in [-0.2, -0.15) is 5.26 Å². The van der Waals surface area contributed by atoms with Crippen molar-refractivity contribution in [2.75, 3.05) is 6.61 Å². The number of hydrogen-bond acceptors (Lipinski definition) is 8. The first-order valence-corrected chi connectivity index (χ1v) is 11.5. The topological polar surface area (TPSA) is 117 Å². The summed E-state index contributed by atoms with van der Waals surface area (Å²) in [7, 11) is 0. The van der Waals surface area contributed by atoms with Crippen molar-refractivity contribution in [1.29, 1.82) is 5.26 Å². The second kappa shape index (κ2) is 8.70. The van der Waals surface area contributed by atoms with Crippen LogP contribution in [-0.4, -0.2) is 39.8 Å². The number of β-lactam (4-membered cyclic amide) rings is 1. The molecule has 4 rings (SSSR count). The van der Waals surface area contributed by atoms with Crippen LogP contribution >= 0.6 is 23.1 Å². The summed E-state index contributed by atoms with van der Waals surface area (Å²) in [5.41, 5.74) is -0.209. The number of aliphatic carboxylic acids is 1. The highest BCUT2D eigenvalue weighted by atomic mass is 32.2. The second-order valence-corrected chi connectivity index (χ2v) is 9.46. The Morgan fingerprint density at radius 1 is 1.33 bits per heavy atom. The van der Waals surface area contributed by atoms with Crippen LogP contribution in [0, 0.1) is 23.2 Å². The fraction of sp³-hybridized carbons (Fsp3) is 0.500. The summed E-state index contributed by atoms with van der Waals surface area (Å²) in [5, 5.41) is 20.1. The Kier molecular flexibility index (Phi) is 6.01. The van der Waals surface area contributed by atoms with E-state index in [9.17, 15) is 19.5 Å². The normalized spacial score (nSPS) is 23.2. The summed E-state index contributed by atoms with van der Waals surface area (Å²) in [6.45, 7) is 0.133. The van der Waals surface area contributed by atoms with Gasteiger partial charge in [-0.15, -0.1) is 11.3 Å². The number of carboxylic acids is 1. The molecule has 3 aliphatic rings. The van der Waals surface area contributed by atoms with Gasteiger partial charge in [0.2, 0.25) is 5.91 Å². The zero-order valence-corrected chi connectivity index (χ0v) is 17.7. The van der Waals surface area contributed by atoms with Gasteiger partial charge in [-0.3, -0.25) is 14.5 Å². The van der Waals surface area contributed by atoms with Crippen LogP contribution < -0.4 is 4.74 Å². The Morgan fingerprint density at radius 3 is 2.80 bits per heavy atom. The van der Waals surface area contributed by atoms with Gasteiger partial charge in [-0.05, 0) is 36.6 Å². The lowest BCUT2D eigenvalue weighted by atomic mass is 9.94. The highest BCUT2D eigenvalue weighted by Gasteiger charge is 2.56. The van der Waals surface area contributed by atoms with Crippen LogP contribution in [0.3, 0.4) is 0 Å². The van der Waals surface area contributed by atoms with Crippen molar-refractivity contribution in [3.63, 3.8) is 0 Å². The number of esters is 1. The molecule has 30 heavy (non-hydrogen) atoms. The SMILES string of the molecule is N#Cc1sccc1OC1=C(C(=O)O)N2C(=O)[C@H](CCOC(=O)CC3CCCC3)[C@H]2S1. The summed E-state index contributed by atoms with van der Waals surface area (Å²) in [6.07, 6.45) is 5.21. The van der Waals surface area contributed by atoms with E-state index in [0.717, 1.165) is 37.4 Å². The summed E-state index contributed by atoms with van der Waals surface area (Å²) < 4.78 is 11.0. The maximum absolute atomic E-state index is 12.6. The van der Waals surface area contributed by atoms with Crippen LogP contribution in [0.25, 0.3) is 0 Å². The van der Waals surface area contributed by atoms with E-state index in [0.29, 0.717) is 23.6 Å². The summed E-state index contributed by atoms with van der Waals surface area (Å²) in [4.78, 5) is 37.8. The number of nitrogens with zero attached hydrogens (tertiary/aromatic N) is 2. The molecular formula is C20H20N2O6S2. The minimum absolute atomic E-state index is 0.0940. The fourth-order valence-corrected chi connectivity index (χ4v) is 6.05. The van der Waals surface area contributed by atoms with E-state index in [1.54, 1.807) is 11.4 Å². The zero-order chi connectivity index (χ0) is 21.3. The molecule has 1 saturated carbocycles. The lowest BCUT2D eigenvalue weighted by Gasteiger charge is -2.41. The molecule has 1 amide bonds. The second-order valence-electron chi connectivity index (χ2n) is 7.46. The molecule has 2 fully saturated rings. The highest BCUT2D eigenvalue weighted by Crippen LogP contribution is 2.51. The zero-order valence-electron chi connectivity index (χ0n) is 16.0. The molecule has 1 aromatic rings. The first-order valence-electron chi connectivity index (χ1n) is 9.78. The summed E-state index contributed by atoms with van der Waals surface area (Å²) in [6, 6.07) is 3.59. The van der Waals surface area contributed by atoms with E-state index in [-0.39, 0.29) is 35.0 Å². The number of nitriles is 1. The maximum Gasteiger partial charge on any atom is 0.357 e. The van der Waals surface area contributed by atoms with Crippen molar-refractivity contribution >= 4 is 40.9 Å². The minimum atomic E-state index is -1.26. The number of carbonyl (C=O) groups excluding carboxylic acids is 2. The molecule has 0 unspecified atom stereocenters. The third kappa shape index (κ3) is 3.91. The Labute approximate surface area is 181 Å². The Bertz CT molecular complexity index is 943. The Morgan fingerprint density at radius 2 is 2.10 bits per heavy atom. The molecule has 8 nitrogen and oxygen atoms in total.